The minimum Gasteiger partial charge on any atom is -0.355 e. The maximum absolute atomic E-state index is 12.0. The number of hydrogen-bond acceptors (Lipinski definition) is 3. The summed E-state index contributed by atoms with van der Waals surface area (Å²) in [5, 5.41) is 6.40. The first-order chi connectivity index (χ1) is 10.2. The summed E-state index contributed by atoms with van der Waals surface area (Å²) in [5.74, 6) is 0.133. The van der Waals surface area contributed by atoms with E-state index in [0.29, 0.717) is 6.54 Å². The first-order valence-corrected chi connectivity index (χ1v) is 8.05. The highest BCUT2D eigenvalue weighted by Gasteiger charge is 2.25. The van der Waals surface area contributed by atoms with Crippen molar-refractivity contribution in [3.63, 3.8) is 0 Å². The maximum Gasteiger partial charge on any atom is 0.234 e. The topological polar surface area (TPSA) is 44.4 Å². The van der Waals surface area contributed by atoms with Crippen LogP contribution in [0.15, 0.2) is 24.3 Å². The van der Waals surface area contributed by atoms with E-state index in [9.17, 15) is 4.79 Å². The van der Waals surface area contributed by atoms with Gasteiger partial charge in [0.05, 0.1) is 6.54 Å². The summed E-state index contributed by atoms with van der Waals surface area (Å²) in [6.45, 7) is 8.27. The number of nitrogens with zero attached hydrogens (tertiary/aromatic N) is 1. The van der Waals surface area contributed by atoms with Gasteiger partial charge in [-0.2, -0.15) is 0 Å². The summed E-state index contributed by atoms with van der Waals surface area (Å²) < 4.78 is 0. The first-order valence-electron chi connectivity index (χ1n) is 8.05. The van der Waals surface area contributed by atoms with E-state index in [1.807, 2.05) is 0 Å². The van der Waals surface area contributed by atoms with Crippen molar-refractivity contribution < 1.29 is 4.79 Å². The van der Waals surface area contributed by atoms with Crippen molar-refractivity contribution in [2.24, 2.45) is 0 Å². The zero-order valence-electron chi connectivity index (χ0n) is 13.6. The van der Waals surface area contributed by atoms with Crippen molar-refractivity contribution in [2.75, 3.05) is 32.7 Å². The zero-order chi connectivity index (χ0) is 15.1. The molecular formula is C17H28ClN3O. The summed E-state index contributed by atoms with van der Waals surface area (Å²) in [6, 6.07) is 9.08. The van der Waals surface area contributed by atoms with Gasteiger partial charge < -0.3 is 10.6 Å². The molecule has 1 aromatic rings. The predicted octanol–water partition coefficient (Wildman–Crippen LogP) is 2.14. The molecular weight excluding hydrogens is 298 g/mol. The van der Waals surface area contributed by atoms with Gasteiger partial charge >= 0.3 is 0 Å². The summed E-state index contributed by atoms with van der Waals surface area (Å²) in [5.41, 5.74) is 2.65. The Morgan fingerprint density at radius 3 is 2.68 bits per heavy atom. The molecule has 1 atom stereocenters. The number of amides is 1. The summed E-state index contributed by atoms with van der Waals surface area (Å²) in [4.78, 5) is 14.3. The Morgan fingerprint density at radius 1 is 1.32 bits per heavy atom. The monoisotopic (exact) mass is 325 g/mol. The van der Waals surface area contributed by atoms with E-state index in [1.54, 1.807) is 0 Å². The van der Waals surface area contributed by atoms with Gasteiger partial charge in [-0.25, -0.2) is 0 Å². The van der Waals surface area contributed by atoms with Crippen molar-refractivity contribution in [1.29, 1.82) is 0 Å². The largest absolute Gasteiger partial charge is 0.355 e. The van der Waals surface area contributed by atoms with Crippen LogP contribution in [0.2, 0.25) is 0 Å². The lowest BCUT2D eigenvalue weighted by molar-refractivity contribution is -0.123. The molecule has 0 radical (unpaired) electrons. The molecule has 22 heavy (non-hydrogen) atoms. The molecule has 4 nitrogen and oxygen atoms in total. The Kier molecular flexibility index (Phi) is 8.46. The Bertz CT molecular complexity index is 450. The second-order valence-corrected chi connectivity index (χ2v) is 5.64. The number of rotatable bonds is 6. The molecule has 0 aromatic heterocycles. The van der Waals surface area contributed by atoms with Crippen LogP contribution in [0.1, 0.15) is 37.4 Å². The van der Waals surface area contributed by atoms with E-state index in [-0.39, 0.29) is 24.4 Å². The SMILES string of the molecule is CCCNC(=O)CN1CCNCC1c1ccc(CC)cc1.Cl. The Balaban J connectivity index is 0.00000242. The highest BCUT2D eigenvalue weighted by Crippen LogP contribution is 2.22. The molecule has 0 spiro atoms. The van der Waals surface area contributed by atoms with Crippen LogP contribution in [0.25, 0.3) is 0 Å². The van der Waals surface area contributed by atoms with Crippen LogP contribution in [0, 0.1) is 0 Å². The van der Waals surface area contributed by atoms with Crippen LogP contribution in [0.3, 0.4) is 0 Å². The minimum atomic E-state index is 0. The van der Waals surface area contributed by atoms with Crippen molar-refractivity contribution in [2.45, 2.75) is 32.7 Å². The molecule has 2 N–H and O–H groups in total. The fraction of sp³-hybridized carbons (Fsp3) is 0.588. The minimum absolute atomic E-state index is 0. The number of carbonyl (C=O) groups is 1. The number of nitrogens with one attached hydrogen (secondary N) is 2. The molecule has 1 aliphatic rings. The number of benzene rings is 1. The second kappa shape index (κ2) is 9.82. The maximum atomic E-state index is 12.0. The van der Waals surface area contributed by atoms with Crippen LogP contribution in [0.5, 0.6) is 0 Å². The molecule has 124 valence electrons. The van der Waals surface area contributed by atoms with Crippen molar-refractivity contribution in [3.8, 4) is 0 Å². The van der Waals surface area contributed by atoms with Crippen molar-refractivity contribution in [3.05, 3.63) is 35.4 Å². The summed E-state index contributed by atoms with van der Waals surface area (Å²) >= 11 is 0. The fourth-order valence-electron chi connectivity index (χ4n) is 2.74. The number of halogens is 1. The van der Waals surface area contributed by atoms with Gasteiger partial charge in [0.15, 0.2) is 0 Å². The van der Waals surface area contributed by atoms with E-state index in [4.69, 9.17) is 0 Å². The number of hydrogen-bond donors (Lipinski definition) is 2. The van der Waals surface area contributed by atoms with Crippen LogP contribution >= 0.6 is 12.4 Å². The van der Waals surface area contributed by atoms with E-state index < -0.39 is 0 Å². The zero-order valence-corrected chi connectivity index (χ0v) is 14.4. The molecule has 0 bridgehead atoms. The van der Waals surface area contributed by atoms with Gasteiger partial charge in [0.1, 0.15) is 0 Å². The molecule has 1 heterocycles. The van der Waals surface area contributed by atoms with E-state index in [1.165, 1.54) is 11.1 Å². The van der Waals surface area contributed by atoms with Crippen LogP contribution in [-0.2, 0) is 11.2 Å². The summed E-state index contributed by atoms with van der Waals surface area (Å²) in [7, 11) is 0. The van der Waals surface area contributed by atoms with E-state index >= 15 is 0 Å². The Morgan fingerprint density at radius 2 is 2.05 bits per heavy atom. The lowest BCUT2D eigenvalue weighted by Crippen LogP contribution is -2.49. The third-order valence-electron chi connectivity index (χ3n) is 4.05. The number of aryl methyl sites for hydroxylation is 1. The Hall–Kier alpha value is -1.10. The van der Waals surface area contributed by atoms with Gasteiger partial charge in [-0.05, 0) is 24.0 Å². The summed E-state index contributed by atoms with van der Waals surface area (Å²) in [6.07, 6.45) is 2.04. The highest BCUT2D eigenvalue weighted by molar-refractivity contribution is 5.85. The van der Waals surface area contributed by atoms with E-state index in [0.717, 1.165) is 39.0 Å². The lowest BCUT2D eigenvalue weighted by atomic mass is 10.0. The third kappa shape index (κ3) is 5.27. The molecule has 1 amide bonds. The van der Waals surface area contributed by atoms with E-state index in [2.05, 4.69) is 53.6 Å². The van der Waals surface area contributed by atoms with Crippen molar-refractivity contribution in [1.82, 2.24) is 15.5 Å². The van der Waals surface area contributed by atoms with Crippen LogP contribution in [0.4, 0.5) is 0 Å². The lowest BCUT2D eigenvalue weighted by Gasteiger charge is -2.36. The Labute approximate surface area is 140 Å². The standard InChI is InChI=1S/C17H27N3O.ClH/c1-3-9-19-17(21)13-20-11-10-18-12-16(20)15-7-5-14(4-2)6-8-15;/h5-8,16,18H,3-4,9-13H2,1-2H3,(H,19,21);1H. The van der Waals surface area contributed by atoms with Gasteiger partial charge in [0.25, 0.3) is 0 Å². The van der Waals surface area contributed by atoms with Gasteiger partial charge in [-0.3, -0.25) is 9.69 Å². The average molecular weight is 326 g/mol. The predicted molar refractivity (Wildman–Crippen MR) is 93.6 cm³/mol. The van der Waals surface area contributed by atoms with Gasteiger partial charge in [-0.15, -0.1) is 12.4 Å². The van der Waals surface area contributed by atoms with Gasteiger partial charge in [0, 0.05) is 32.2 Å². The molecule has 0 aliphatic carbocycles. The quantitative estimate of drug-likeness (QED) is 0.842. The highest BCUT2D eigenvalue weighted by atomic mass is 35.5. The average Bonchev–Trinajstić information content (AvgIpc) is 2.53. The number of carbonyl (C=O) groups excluding carboxylic acids is 1. The normalized spacial score (nSPS) is 18.5. The molecule has 1 unspecified atom stereocenters. The van der Waals surface area contributed by atoms with Crippen LogP contribution in [-0.4, -0.2) is 43.5 Å². The smallest absolute Gasteiger partial charge is 0.234 e. The second-order valence-electron chi connectivity index (χ2n) is 5.64. The third-order valence-corrected chi connectivity index (χ3v) is 4.05. The molecule has 1 aliphatic heterocycles. The van der Waals surface area contributed by atoms with Gasteiger partial charge in [-0.1, -0.05) is 38.1 Å². The molecule has 5 heteroatoms. The molecule has 2 rings (SSSR count). The molecule has 1 aromatic carbocycles. The van der Waals surface area contributed by atoms with Gasteiger partial charge in [0.2, 0.25) is 5.91 Å². The number of piperazine rings is 1. The molecule has 1 saturated heterocycles. The fourth-order valence-corrected chi connectivity index (χ4v) is 2.74. The molecule has 1 fully saturated rings. The first kappa shape index (κ1) is 18.9. The van der Waals surface area contributed by atoms with Crippen LogP contribution < -0.4 is 10.6 Å². The van der Waals surface area contributed by atoms with Crippen molar-refractivity contribution >= 4 is 18.3 Å². The molecule has 0 saturated carbocycles.